The third-order valence-electron chi connectivity index (χ3n) is 2.27. The predicted octanol–water partition coefficient (Wildman–Crippen LogP) is 3.83. The second-order valence-corrected chi connectivity index (χ2v) is 3.57. The molecule has 0 saturated carbocycles. The number of fused-ring (bicyclic) bond motifs is 1. The maximum Gasteiger partial charge on any atom is 0.163 e. The molecular formula is C11H10F2O. The molecule has 0 aliphatic heterocycles. The first-order chi connectivity index (χ1) is 6.61. The van der Waals surface area contributed by atoms with Crippen LogP contribution in [0.3, 0.4) is 0 Å². The maximum atomic E-state index is 13.4. The molecule has 0 radical (unpaired) electrons. The Kier molecular flexibility index (Phi) is 2.02. The van der Waals surface area contributed by atoms with Crippen molar-refractivity contribution in [2.75, 3.05) is 0 Å². The standard InChI is InChI=1S/C11H10F2O/c1-6(2)10-7-3-4-14-9(7)5-8(12)11(10)13/h3-6H,1-2H3. The zero-order chi connectivity index (χ0) is 10.3. The Morgan fingerprint density at radius 2 is 2.00 bits per heavy atom. The second-order valence-electron chi connectivity index (χ2n) is 3.57. The molecule has 0 saturated heterocycles. The number of hydrogen-bond acceptors (Lipinski definition) is 1. The van der Waals surface area contributed by atoms with Gasteiger partial charge in [0.25, 0.3) is 0 Å². The number of furan rings is 1. The van der Waals surface area contributed by atoms with Crippen molar-refractivity contribution in [2.24, 2.45) is 0 Å². The summed E-state index contributed by atoms with van der Waals surface area (Å²) in [5.74, 6) is -1.68. The molecule has 0 amide bonds. The van der Waals surface area contributed by atoms with Gasteiger partial charge in [0, 0.05) is 17.0 Å². The average Bonchev–Trinajstić information content (AvgIpc) is 2.52. The molecule has 0 bridgehead atoms. The van der Waals surface area contributed by atoms with Gasteiger partial charge in [0.2, 0.25) is 0 Å². The van der Waals surface area contributed by atoms with Gasteiger partial charge in [-0.3, -0.25) is 0 Å². The number of hydrogen-bond donors (Lipinski definition) is 0. The molecule has 14 heavy (non-hydrogen) atoms. The van der Waals surface area contributed by atoms with Gasteiger partial charge in [0.05, 0.1) is 6.26 Å². The Hall–Kier alpha value is -1.38. The van der Waals surface area contributed by atoms with Gasteiger partial charge in [-0.05, 0) is 12.0 Å². The van der Waals surface area contributed by atoms with Gasteiger partial charge in [0.1, 0.15) is 5.58 Å². The summed E-state index contributed by atoms with van der Waals surface area (Å²) in [6, 6.07) is 2.74. The summed E-state index contributed by atoms with van der Waals surface area (Å²) in [6.07, 6.45) is 1.44. The largest absolute Gasteiger partial charge is 0.464 e. The van der Waals surface area contributed by atoms with Gasteiger partial charge in [-0.25, -0.2) is 8.78 Å². The zero-order valence-corrected chi connectivity index (χ0v) is 7.97. The van der Waals surface area contributed by atoms with Crippen LogP contribution in [0.5, 0.6) is 0 Å². The molecule has 0 aliphatic carbocycles. The topological polar surface area (TPSA) is 13.1 Å². The van der Waals surface area contributed by atoms with Crippen LogP contribution in [0.25, 0.3) is 11.0 Å². The fraction of sp³-hybridized carbons (Fsp3) is 0.273. The SMILES string of the molecule is CC(C)c1c(F)c(F)cc2occc12. The summed E-state index contributed by atoms with van der Waals surface area (Å²) in [6.45, 7) is 3.65. The lowest BCUT2D eigenvalue weighted by Crippen LogP contribution is -1.97. The third kappa shape index (κ3) is 1.20. The van der Waals surface area contributed by atoms with Crippen LogP contribution >= 0.6 is 0 Å². The van der Waals surface area contributed by atoms with Crippen molar-refractivity contribution in [1.82, 2.24) is 0 Å². The highest BCUT2D eigenvalue weighted by Gasteiger charge is 2.17. The van der Waals surface area contributed by atoms with Crippen LogP contribution in [0.4, 0.5) is 8.78 Å². The first kappa shape index (κ1) is 9.19. The maximum absolute atomic E-state index is 13.4. The van der Waals surface area contributed by atoms with Crippen molar-refractivity contribution in [2.45, 2.75) is 19.8 Å². The lowest BCUT2D eigenvalue weighted by Gasteiger charge is -2.08. The summed E-state index contributed by atoms with van der Waals surface area (Å²) >= 11 is 0. The van der Waals surface area contributed by atoms with Crippen LogP contribution in [0.1, 0.15) is 25.3 Å². The van der Waals surface area contributed by atoms with E-state index in [1.807, 2.05) is 13.8 Å². The smallest absolute Gasteiger partial charge is 0.163 e. The lowest BCUT2D eigenvalue weighted by molar-refractivity contribution is 0.494. The van der Waals surface area contributed by atoms with Crippen LogP contribution in [0.15, 0.2) is 22.8 Å². The molecule has 3 heteroatoms. The van der Waals surface area contributed by atoms with Crippen molar-refractivity contribution in [3.63, 3.8) is 0 Å². The van der Waals surface area contributed by atoms with Crippen LogP contribution in [-0.2, 0) is 0 Å². The van der Waals surface area contributed by atoms with E-state index < -0.39 is 11.6 Å². The Balaban J connectivity index is 2.86. The zero-order valence-electron chi connectivity index (χ0n) is 7.97. The van der Waals surface area contributed by atoms with Gasteiger partial charge in [-0.15, -0.1) is 0 Å². The highest BCUT2D eigenvalue weighted by Crippen LogP contribution is 2.30. The molecule has 0 fully saturated rings. The quantitative estimate of drug-likeness (QED) is 0.675. The van der Waals surface area contributed by atoms with Crippen molar-refractivity contribution in [3.8, 4) is 0 Å². The minimum atomic E-state index is -0.851. The molecule has 0 atom stereocenters. The van der Waals surface area contributed by atoms with Crippen LogP contribution in [0, 0.1) is 11.6 Å². The fourth-order valence-corrected chi connectivity index (χ4v) is 1.65. The van der Waals surface area contributed by atoms with Gasteiger partial charge in [0.15, 0.2) is 11.6 Å². The van der Waals surface area contributed by atoms with Crippen molar-refractivity contribution in [3.05, 3.63) is 35.6 Å². The van der Waals surface area contributed by atoms with Gasteiger partial charge < -0.3 is 4.42 Å². The van der Waals surface area contributed by atoms with E-state index in [2.05, 4.69) is 0 Å². The Labute approximate surface area is 80.3 Å². The second kappa shape index (κ2) is 3.08. The first-order valence-corrected chi connectivity index (χ1v) is 4.46. The molecule has 1 heterocycles. The molecule has 2 rings (SSSR count). The average molecular weight is 196 g/mol. The Morgan fingerprint density at radius 1 is 1.29 bits per heavy atom. The van der Waals surface area contributed by atoms with Gasteiger partial charge in [-0.2, -0.15) is 0 Å². The van der Waals surface area contributed by atoms with E-state index in [4.69, 9.17) is 4.42 Å². The van der Waals surface area contributed by atoms with E-state index in [9.17, 15) is 8.78 Å². The Bertz CT molecular complexity index is 471. The highest BCUT2D eigenvalue weighted by atomic mass is 19.2. The molecule has 0 spiro atoms. The van der Waals surface area contributed by atoms with Crippen molar-refractivity contribution < 1.29 is 13.2 Å². The van der Waals surface area contributed by atoms with E-state index in [0.29, 0.717) is 16.5 Å². The molecular weight excluding hydrogens is 186 g/mol. The molecule has 1 nitrogen and oxygen atoms in total. The molecule has 2 aromatic rings. The minimum absolute atomic E-state index is 0.0641. The van der Waals surface area contributed by atoms with Gasteiger partial charge >= 0.3 is 0 Å². The van der Waals surface area contributed by atoms with E-state index in [1.165, 1.54) is 6.26 Å². The third-order valence-corrected chi connectivity index (χ3v) is 2.27. The molecule has 1 aromatic heterocycles. The van der Waals surface area contributed by atoms with Crippen LogP contribution < -0.4 is 0 Å². The van der Waals surface area contributed by atoms with Crippen LogP contribution in [0.2, 0.25) is 0 Å². The predicted molar refractivity (Wildman–Crippen MR) is 50.2 cm³/mol. The normalized spacial score (nSPS) is 11.5. The van der Waals surface area contributed by atoms with E-state index >= 15 is 0 Å². The van der Waals surface area contributed by atoms with Gasteiger partial charge in [-0.1, -0.05) is 13.8 Å². The molecule has 0 N–H and O–H groups in total. The number of rotatable bonds is 1. The molecule has 0 aliphatic rings. The minimum Gasteiger partial charge on any atom is -0.464 e. The summed E-state index contributed by atoms with van der Waals surface area (Å²) in [7, 11) is 0. The monoisotopic (exact) mass is 196 g/mol. The van der Waals surface area contributed by atoms with Crippen molar-refractivity contribution in [1.29, 1.82) is 0 Å². The Morgan fingerprint density at radius 3 is 2.64 bits per heavy atom. The van der Waals surface area contributed by atoms with E-state index in [-0.39, 0.29) is 5.92 Å². The van der Waals surface area contributed by atoms with Crippen molar-refractivity contribution >= 4 is 11.0 Å². The van der Waals surface area contributed by atoms with E-state index in [0.717, 1.165) is 6.07 Å². The summed E-state index contributed by atoms with van der Waals surface area (Å²) in [5.41, 5.74) is 0.779. The van der Waals surface area contributed by atoms with Crippen LogP contribution in [-0.4, -0.2) is 0 Å². The summed E-state index contributed by atoms with van der Waals surface area (Å²) in [4.78, 5) is 0. The number of halogens is 2. The molecule has 74 valence electrons. The summed E-state index contributed by atoms with van der Waals surface area (Å²) in [5, 5.41) is 0.652. The molecule has 1 aromatic carbocycles. The first-order valence-electron chi connectivity index (χ1n) is 4.46. The highest BCUT2D eigenvalue weighted by molar-refractivity contribution is 5.81. The number of benzene rings is 1. The fourth-order valence-electron chi connectivity index (χ4n) is 1.65. The lowest BCUT2D eigenvalue weighted by atomic mass is 9.98. The molecule has 0 unspecified atom stereocenters. The summed E-state index contributed by atoms with van der Waals surface area (Å²) < 4.78 is 31.6. The van der Waals surface area contributed by atoms with E-state index in [1.54, 1.807) is 6.07 Å².